The minimum absolute atomic E-state index is 0.00286. The molecule has 2 aromatic rings. The Bertz CT molecular complexity index is 588. The van der Waals surface area contributed by atoms with Gasteiger partial charge in [0.1, 0.15) is 0 Å². The summed E-state index contributed by atoms with van der Waals surface area (Å²) in [6.45, 7) is 6.46. The van der Waals surface area contributed by atoms with E-state index in [-0.39, 0.29) is 11.8 Å². The van der Waals surface area contributed by atoms with Crippen molar-refractivity contribution in [2.45, 2.75) is 33.4 Å². The first kappa shape index (κ1) is 13.8. The van der Waals surface area contributed by atoms with Crippen molar-refractivity contribution >= 4 is 17.3 Å². The number of nitrogens with zero attached hydrogens (tertiary/aromatic N) is 1. The average molecular weight is 280 g/mol. The zero-order valence-electron chi connectivity index (χ0n) is 11.1. The number of furan rings is 1. The van der Waals surface area contributed by atoms with Gasteiger partial charge in [-0.15, -0.1) is 11.3 Å². The van der Waals surface area contributed by atoms with E-state index in [1.807, 2.05) is 20.8 Å². The van der Waals surface area contributed by atoms with E-state index in [2.05, 4.69) is 10.3 Å². The molecule has 0 bridgehead atoms. The Balaban J connectivity index is 2.04. The number of aromatic nitrogens is 1. The highest BCUT2D eigenvalue weighted by Crippen LogP contribution is 2.24. The molecule has 1 unspecified atom stereocenters. The molecule has 19 heavy (non-hydrogen) atoms. The van der Waals surface area contributed by atoms with Crippen molar-refractivity contribution in [2.24, 2.45) is 0 Å². The van der Waals surface area contributed by atoms with Crippen molar-refractivity contribution in [1.29, 1.82) is 0 Å². The van der Waals surface area contributed by atoms with Crippen LogP contribution in [-0.4, -0.2) is 16.1 Å². The standard InChI is InChI=1S/C13H16N2O3S/c1-7(12-8(2)15-9(3)19-12)14-6-10-4-5-18-11(10)13(16)17/h4-5,7,14H,6H2,1-3H3,(H,16,17). The van der Waals surface area contributed by atoms with Gasteiger partial charge in [-0.1, -0.05) is 0 Å². The highest BCUT2D eigenvalue weighted by Gasteiger charge is 2.16. The Morgan fingerprint density at radius 2 is 2.32 bits per heavy atom. The third-order valence-electron chi connectivity index (χ3n) is 2.87. The molecule has 102 valence electrons. The van der Waals surface area contributed by atoms with Gasteiger partial charge in [0, 0.05) is 23.0 Å². The summed E-state index contributed by atoms with van der Waals surface area (Å²) < 4.78 is 4.94. The molecule has 5 nitrogen and oxygen atoms in total. The highest BCUT2D eigenvalue weighted by molar-refractivity contribution is 7.11. The number of aromatic carboxylic acids is 1. The van der Waals surface area contributed by atoms with Crippen molar-refractivity contribution in [3.63, 3.8) is 0 Å². The monoisotopic (exact) mass is 280 g/mol. The van der Waals surface area contributed by atoms with Crippen LogP contribution < -0.4 is 5.32 Å². The molecule has 0 saturated heterocycles. The van der Waals surface area contributed by atoms with Gasteiger partial charge >= 0.3 is 5.97 Å². The predicted molar refractivity (Wildman–Crippen MR) is 72.5 cm³/mol. The van der Waals surface area contributed by atoms with Crippen LogP contribution in [0.15, 0.2) is 16.7 Å². The van der Waals surface area contributed by atoms with E-state index in [9.17, 15) is 4.79 Å². The van der Waals surface area contributed by atoms with E-state index in [1.54, 1.807) is 17.4 Å². The minimum atomic E-state index is -1.04. The highest BCUT2D eigenvalue weighted by atomic mass is 32.1. The van der Waals surface area contributed by atoms with Crippen LogP contribution in [0.5, 0.6) is 0 Å². The second-order valence-electron chi connectivity index (χ2n) is 4.37. The van der Waals surface area contributed by atoms with Crippen molar-refractivity contribution in [3.05, 3.63) is 39.2 Å². The molecule has 0 spiro atoms. The number of hydrogen-bond acceptors (Lipinski definition) is 5. The van der Waals surface area contributed by atoms with E-state index >= 15 is 0 Å². The maximum atomic E-state index is 10.9. The van der Waals surface area contributed by atoms with Crippen LogP contribution in [0.2, 0.25) is 0 Å². The quantitative estimate of drug-likeness (QED) is 0.880. The Hall–Kier alpha value is -1.66. The van der Waals surface area contributed by atoms with Gasteiger partial charge in [-0.05, 0) is 26.8 Å². The molecule has 0 aromatic carbocycles. The largest absolute Gasteiger partial charge is 0.475 e. The van der Waals surface area contributed by atoms with E-state index < -0.39 is 5.97 Å². The number of rotatable bonds is 5. The molecule has 6 heteroatoms. The summed E-state index contributed by atoms with van der Waals surface area (Å²) in [5.74, 6) is -1.05. The van der Waals surface area contributed by atoms with Crippen LogP contribution in [0.3, 0.4) is 0 Å². The number of carbonyl (C=O) groups is 1. The van der Waals surface area contributed by atoms with Gasteiger partial charge in [-0.25, -0.2) is 9.78 Å². The molecule has 0 saturated carbocycles. The molecular formula is C13H16N2O3S. The zero-order valence-corrected chi connectivity index (χ0v) is 11.9. The number of carboxylic acid groups (broad SMARTS) is 1. The van der Waals surface area contributed by atoms with Crippen LogP contribution in [-0.2, 0) is 6.54 Å². The fourth-order valence-electron chi connectivity index (χ4n) is 1.97. The third kappa shape index (κ3) is 3.02. The molecule has 0 aliphatic heterocycles. The van der Waals surface area contributed by atoms with E-state index in [0.29, 0.717) is 12.1 Å². The van der Waals surface area contributed by atoms with E-state index in [4.69, 9.17) is 9.52 Å². The number of thiazole rings is 1. The summed E-state index contributed by atoms with van der Waals surface area (Å²) in [6, 6.07) is 1.80. The van der Waals surface area contributed by atoms with Crippen molar-refractivity contribution in [1.82, 2.24) is 10.3 Å². The lowest BCUT2D eigenvalue weighted by atomic mass is 10.2. The molecule has 2 heterocycles. The van der Waals surface area contributed by atoms with Crippen LogP contribution in [0.25, 0.3) is 0 Å². The second-order valence-corrected chi connectivity index (χ2v) is 5.60. The lowest BCUT2D eigenvalue weighted by molar-refractivity contribution is 0.0660. The molecule has 0 radical (unpaired) electrons. The van der Waals surface area contributed by atoms with Gasteiger partial charge < -0.3 is 14.8 Å². The Morgan fingerprint density at radius 1 is 1.58 bits per heavy atom. The summed E-state index contributed by atoms with van der Waals surface area (Å²) in [7, 11) is 0. The van der Waals surface area contributed by atoms with Gasteiger partial charge in [0.05, 0.1) is 17.0 Å². The van der Waals surface area contributed by atoms with Gasteiger partial charge in [0.2, 0.25) is 5.76 Å². The van der Waals surface area contributed by atoms with Gasteiger partial charge in [0.15, 0.2) is 0 Å². The van der Waals surface area contributed by atoms with Gasteiger partial charge in [0.25, 0.3) is 0 Å². The normalized spacial score (nSPS) is 12.6. The molecular weight excluding hydrogens is 264 g/mol. The molecule has 1 atom stereocenters. The molecule has 0 amide bonds. The molecule has 0 fully saturated rings. The maximum Gasteiger partial charge on any atom is 0.372 e. The fourth-order valence-corrected chi connectivity index (χ4v) is 2.92. The van der Waals surface area contributed by atoms with E-state index in [1.165, 1.54) is 11.1 Å². The summed E-state index contributed by atoms with van der Waals surface area (Å²) in [5.41, 5.74) is 1.67. The Kier molecular flexibility index (Phi) is 4.01. The number of carboxylic acids is 1. The van der Waals surface area contributed by atoms with Gasteiger partial charge in [-0.2, -0.15) is 0 Å². The molecule has 0 aliphatic carbocycles. The first-order chi connectivity index (χ1) is 8.99. The number of hydrogen-bond donors (Lipinski definition) is 2. The first-order valence-electron chi connectivity index (χ1n) is 5.96. The maximum absolute atomic E-state index is 10.9. The predicted octanol–water partition coefficient (Wildman–Crippen LogP) is 2.90. The van der Waals surface area contributed by atoms with Crippen LogP contribution >= 0.6 is 11.3 Å². The lowest BCUT2D eigenvalue weighted by Gasteiger charge is -2.12. The zero-order chi connectivity index (χ0) is 14.0. The molecule has 2 rings (SSSR count). The average Bonchev–Trinajstić information content (AvgIpc) is 2.92. The topological polar surface area (TPSA) is 75.4 Å². The number of nitrogens with one attached hydrogen (secondary N) is 1. The van der Waals surface area contributed by atoms with Crippen molar-refractivity contribution < 1.29 is 14.3 Å². The molecule has 0 aliphatic rings. The van der Waals surface area contributed by atoms with Crippen LogP contribution in [0.4, 0.5) is 0 Å². The minimum Gasteiger partial charge on any atom is -0.475 e. The lowest BCUT2D eigenvalue weighted by Crippen LogP contribution is -2.19. The Morgan fingerprint density at radius 3 is 2.89 bits per heavy atom. The smallest absolute Gasteiger partial charge is 0.372 e. The summed E-state index contributed by atoms with van der Waals surface area (Å²) in [5, 5.41) is 13.3. The summed E-state index contributed by atoms with van der Waals surface area (Å²) in [6.07, 6.45) is 1.40. The Labute approximate surface area is 115 Å². The third-order valence-corrected chi connectivity index (χ3v) is 4.13. The SMILES string of the molecule is Cc1nc(C)c(C(C)NCc2ccoc2C(=O)O)s1. The van der Waals surface area contributed by atoms with E-state index in [0.717, 1.165) is 10.7 Å². The van der Waals surface area contributed by atoms with Crippen LogP contribution in [0.1, 0.15) is 44.7 Å². The first-order valence-corrected chi connectivity index (χ1v) is 6.77. The van der Waals surface area contributed by atoms with Gasteiger partial charge in [-0.3, -0.25) is 0 Å². The van der Waals surface area contributed by atoms with Crippen molar-refractivity contribution in [2.75, 3.05) is 0 Å². The molecule has 2 N–H and O–H groups in total. The fraction of sp³-hybridized carbons (Fsp3) is 0.385. The van der Waals surface area contributed by atoms with Crippen molar-refractivity contribution in [3.8, 4) is 0 Å². The second kappa shape index (κ2) is 5.54. The summed E-state index contributed by atoms with van der Waals surface area (Å²) in [4.78, 5) is 16.5. The number of aryl methyl sites for hydroxylation is 2. The molecule has 2 aromatic heterocycles. The summed E-state index contributed by atoms with van der Waals surface area (Å²) >= 11 is 1.66. The van der Waals surface area contributed by atoms with Crippen LogP contribution in [0, 0.1) is 13.8 Å².